The molecule has 1 aromatic heterocycles. The molecule has 1 saturated heterocycles. The van der Waals surface area contributed by atoms with Gasteiger partial charge in [-0.15, -0.1) is 0 Å². The Morgan fingerprint density at radius 1 is 1.08 bits per heavy atom. The predicted molar refractivity (Wildman–Crippen MR) is 135 cm³/mol. The summed E-state index contributed by atoms with van der Waals surface area (Å²) in [4.78, 5) is 19.0. The molecule has 2 aliphatic rings. The molecule has 0 radical (unpaired) electrons. The van der Waals surface area contributed by atoms with Gasteiger partial charge in [-0.2, -0.15) is 5.26 Å². The van der Waals surface area contributed by atoms with Crippen molar-refractivity contribution >= 4 is 5.97 Å². The molecule has 0 amide bonds. The minimum atomic E-state index is -1.05. The van der Waals surface area contributed by atoms with E-state index in [1.54, 1.807) is 18.2 Å². The zero-order valence-corrected chi connectivity index (χ0v) is 20.1. The highest BCUT2D eigenvalue weighted by Crippen LogP contribution is 2.43. The van der Waals surface area contributed by atoms with Gasteiger partial charge in [0.2, 0.25) is 0 Å². The second kappa shape index (κ2) is 10.6. The monoisotopic (exact) mass is 483 g/mol. The van der Waals surface area contributed by atoms with Gasteiger partial charge in [0.25, 0.3) is 0 Å². The summed E-state index contributed by atoms with van der Waals surface area (Å²) in [5.41, 5.74) is 6.03. The van der Waals surface area contributed by atoms with Gasteiger partial charge in [0.1, 0.15) is 5.69 Å². The van der Waals surface area contributed by atoms with Crippen LogP contribution in [0.5, 0.6) is 0 Å². The van der Waals surface area contributed by atoms with E-state index in [1.165, 1.54) is 0 Å². The van der Waals surface area contributed by atoms with Crippen LogP contribution in [0.1, 0.15) is 52.5 Å². The fraction of sp³-hybridized carbons (Fsp3) is 0.345. The lowest BCUT2D eigenvalue weighted by Gasteiger charge is -2.31. The molecule has 0 saturated carbocycles. The molecule has 7 heteroatoms. The number of hydrogen-bond donors (Lipinski definition) is 2. The Balaban J connectivity index is 1.56. The molecular weight excluding hydrogens is 454 g/mol. The van der Waals surface area contributed by atoms with Crippen LogP contribution >= 0.6 is 0 Å². The number of aromatic nitrogens is 1. The normalized spacial score (nSPS) is 18.1. The number of rotatable bonds is 7. The van der Waals surface area contributed by atoms with Crippen molar-refractivity contribution in [3.63, 3.8) is 0 Å². The van der Waals surface area contributed by atoms with E-state index >= 15 is 0 Å². The molecule has 2 N–H and O–H groups in total. The topological polar surface area (TPSA) is 107 Å². The SMILES string of the molecule is N#Cc1ccc(-c2cccc(-c3nc(C(=O)O)cc4c3[C@@H](CCO)N(CC3CCOCC3)C4)c2)cc1. The summed E-state index contributed by atoms with van der Waals surface area (Å²) in [6, 6.07) is 19.1. The third-order valence-corrected chi connectivity index (χ3v) is 7.23. The van der Waals surface area contributed by atoms with Crippen molar-refractivity contribution < 1.29 is 19.7 Å². The molecular formula is C29H29N3O4. The van der Waals surface area contributed by atoms with Crippen molar-refractivity contribution in [3.05, 3.63) is 77.0 Å². The van der Waals surface area contributed by atoms with Crippen LogP contribution in [0, 0.1) is 17.2 Å². The van der Waals surface area contributed by atoms with Gasteiger partial charge in [-0.1, -0.05) is 30.3 Å². The van der Waals surface area contributed by atoms with Gasteiger partial charge >= 0.3 is 5.97 Å². The molecule has 1 atom stereocenters. The lowest BCUT2D eigenvalue weighted by atomic mass is 9.93. The highest BCUT2D eigenvalue weighted by atomic mass is 16.5. The lowest BCUT2D eigenvalue weighted by Crippen LogP contribution is -2.32. The van der Waals surface area contributed by atoms with E-state index in [4.69, 9.17) is 10.00 Å². The molecule has 0 aliphatic carbocycles. The van der Waals surface area contributed by atoms with E-state index in [2.05, 4.69) is 16.0 Å². The highest BCUT2D eigenvalue weighted by molar-refractivity contribution is 5.87. The number of aliphatic hydroxyl groups is 1. The van der Waals surface area contributed by atoms with Crippen LogP contribution in [0.3, 0.4) is 0 Å². The lowest BCUT2D eigenvalue weighted by molar-refractivity contribution is 0.0439. The molecule has 184 valence electrons. The Kier molecular flexibility index (Phi) is 7.10. The van der Waals surface area contributed by atoms with Gasteiger partial charge in [0.15, 0.2) is 0 Å². The average Bonchev–Trinajstić information content (AvgIpc) is 3.25. The number of benzene rings is 2. The molecule has 3 aromatic rings. The smallest absolute Gasteiger partial charge is 0.354 e. The Hall–Kier alpha value is -3.57. The quantitative estimate of drug-likeness (QED) is 0.504. The van der Waals surface area contributed by atoms with Crippen molar-refractivity contribution in [2.24, 2.45) is 5.92 Å². The van der Waals surface area contributed by atoms with E-state index in [1.807, 2.05) is 36.4 Å². The van der Waals surface area contributed by atoms with Gasteiger partial charge in [-0.05, 0) is 66.1 Å². The number of pyridine rings is 1. The Morgan fingerprint density at radius 3 is 2.53 bits per heavy atom. The minimum Gasteiger partial charge on any atom is -0.477 e. The van der Waals surface area contributed by atoms with Gasteiger partial charge in [-0.25, -0.2) is 9.78 Å². The molecule has 7 nitrogen and oxygen atoms in total. The zero-order chi connectivity index (χ0) is 25.1. The summed E-state index contributed by atoms with van der Waals surface area (Å²) in [7, 11) is 0. The summed E-state index contributed by atoms with van der Waals surface area (Å²) in [5, 5.41) is 28.9. The Bertz CT molecular complexity index is 1290. The standard InChI is InChI=1S/C29H29N3O4/c30-16-19-4-6-21(7-5-19)22-2-1-3-23(14-22)28-27-24(15-25(31-28)29(34)35)18-32(26(27)8-11-33)17-20-9-12-36-13-10-20/h1-7,14-15,20,26,33H,8-13,17-18H2,(H,34,35)/t26-/m1/s1. The van der Waals surface area contributed by atoms with Crippen LogP contribution in [-0.4, -0.2) is 52.4 Å². The number of carbonyl (C=O) groups is 1. The van der Waals surface area contributed by atoms with Crippen LogP contribution < -0.4 is 0 Å². The van der Waals surface area contributed by atoms with Gasteiger partial charge in [0.05, 0.1) is 17.3 Å². The molecule has 2 aromatic carbocycles. The second-order valence-corrected chi connectivity index (χ2v) is 9.52. The number of aliphatic hydroxyl groups excluding tert-OH is 1. The first-order valence-corrected chi connectivity index (χ1v) is 12.4. The van der Waals surface area contributed by atoms with Crippen LogP contribution in [0.15, 0.2) is 54.6 Å². The van der Waals surface area contributed by atoms with Crippen LogP contribution in [0.2, 0.25) is 0 Å². The third kappa shape index (κ3) is 4.89. The van der Waals surface area contributed by atoms with Crippen molar-refractivity contribution in [3.8, 4) is 28.5 Å². The largest absolute Gasteiger partial charge is 0.477 e. The van der Waals surface area contributed by atoms with E-state index in [-0.39, 0.29) is 18.3 Å². The number of nitriles is 1. The fourth-order valence-electron chi connectivity index (χ4n) is 5.44. The molecule has 36 heavy (non-hydrogen) atoms. The molecule has 0 spiro atoms. The molecule has 3 heterocycles. The number of carboxylic acid groups (broad SMARTS) is 1. The molecule has 1 fully saturated rings. The first kappa shape index (κ1) is 24.1. The number of ether oxygens (including phenoxy) is 1. The zero-order valence-electron chi connectivity index (χ0n) is 20.1. The first-order valence-electron chi connectivity index (χ1n) is 12.4. The van der Waals surface area contributed by atoms with Crippen molar-refractivity contribution in [2.45, 2.75) is 31.8 Å². The maximum Gasteiger partial charge on any atom is 0.354 e. The third-order valence-electron chi connectivity index (χ3n) is 7.23. The number of carboxylic acids is 1. The van der Waals surface area contributed by atoms with E-state index in [0.717, 1.165) is 60.4 Å². The second-order valence-electron chi connectivity index (χ2n) is 9.52. The number of hydrogen-bond acceptors (Lipinski definition) is 6. The summed E-state index contributed by atoms with van der Waals surface area (Å²) >= 11 is 0. The van der Waals surface area contributed by atoms with Crippen molar-refractivity contribution in [1.29, 1.82) is 5.26 Å². The number of aromatic carboxylic acids is 1. The maximum atomic E-state index is 12.0. The van der Waals surface area contributed by atoms with Crippen LogP contribution in [0.4, 0.5) is 0 Å². The summed E-state index contributed by atoms with van der Waals surface area (Å²) in [6.45, 7) is 3.11. The molecule has 5 rings (SSSR count). The summed E-state index contributed by atoms with van der Waals surface area (Å²) < 4.78 is 5.53. The number of fused-ring (bicyclic) bond motifs is 1. The molecule has 2 aliphatic heterocycles. The summed E-state index contributed by atoms with van der Waals surface area (Å²) in [6.07, 6.45) is 2.58. The highest BCUT2D eigenvalue weighted by Gasteiger charge is 2.35. The minimum absolute atomic E-state index is 0.0307. The van der Waals surface area contributed by atoms with Crippen molar-refractivity contribution in [1.82, 2.24) is 9.88 Å². The van der Waals surface area contributed by atoms with Crippen LogP contribution in [0.25, 0.3) is 22.4 Å². The Labute approximate surface area is 210 Å². The van der Waals surface area contributed by atoms with Crippen LogP contribution in [-0.2, 0) is 11.3 Å². The Morgan fingerprint density at radius 2 is 1.83 bits per heavy atom. The molecule has 0 bridgehead atoms. The maximum absolute atomic E-state index is 12.0. The molecule has 0 unspecified atom stereocenters. The summed E-state index contributed by atoms with van der Waals surface area (Å²) in [5.74, 6) is -0.534. The number of nitrogens with zero attached hydrogens (tertiary/aromatic N) is 3. The van der Waals surface area contributed by atoms with Gasteiger partial charge in [-0.3, -0.25) is 4.90 Å². The predicted octanol–water partition coefficient (Wildman–Crippen LogP) is 4.65. The van der Waals surface area contributed by atoms with Gasteiger partial charge < -0.3 is 14.9 Å². The fourth-order valence-corrected chi connectivity index (χ4v) is 5.44. The van der Waals surface area contributed by atoms with Crippen molar-refractivity contribution in [2.75, 3.05) is 26.4 Å². The first-order chi connectivity index (χ1) is 17.6. The van der Waals surface area contributed by atoms with E-state index in [0.29, 0.717) is 30.1 Å². The van der Waals surface area contributed by atoms with E-state index < -0.39 is 5.97 Å². The van der Waals surface area contributed by atoms with Gasteiger partial charge in [0, 0.05) is 50.1 Å². The average molecular weight is 484 g/mol. The van der Waals surface area contributed by atoms with E-state index in [9.17, 15) is 15.0 Å².